The van der Waals surface area contributed by atoms with Crippen molar-refractivity contribution in [2.24, 2.45) is 5.73 Å². The van der Waals surface area contributed by atoms with Gasteiger partial charge in [0.2, 0.25) is 0 Å². The van der Waals surface area contributed by atoms with Crippen molar-refractivity contribution in [3.63, 3.8) is 0 Å². The first-order valence-electron chi connectivity index (χ1n) is 8.23. The Hall–Kier alpha value is -1.90. The van der Waals surface area contributed by atoms with Crippen molar-refractivity contribution in [3.05, 3.63) is 76.2 Å². The molecule has 2 N–H and O–H groups in total. The van der Waals surface area contributed by atoms with Crippen molar-refractivity contribution < 1.29 is 0 Å². The number of hydrogen-bond acceptors (Lipinski definition) is 2. The first-order chi connectivity index (χ1) is 11.2. The van der Waals surface area contributed by atoms with E-state index in [9.17, 15) is 0 Å². The standard InChI is InChI=1S/C21H21NS/c1-14-10-12-15(13-11-14)19-20-17(22)8-5-9-18(20)23-21(19)16-6-3-2-4-7-16/h2-7,9-12,15,17H,8,13,22H2,1H3. The molecule has 1 heterocycles. The average molecular weight is 319 g/mol. The molecule has 0 fully saturated rings. The molecule has 0 spiro atoms. The van der Waals surface area contributed by atoms with Gasteiger partial charge >= 0.3 is 0 Å². The molecule has 1 nitrogen and oxygen atoms in total. The molecule has 116 valence electrons. The molecule has 0 bridgehead atoms. The summed E-state index contributed by atoms with van der Waals surface area (Å²) in [5, 5.41) is 0. The lowest BCUT2D eigenvalue weighted by atomic mass is 9.83. The summed E-state index contributed by atoms with van der Waals surface area (Å²) >= 11 is 1.89. The Kier molecular flexibility index (Phi) is 3.80. The molecule has 2 aliphatic rings. The fourth-order valence-corrected chi connectivity index (χ4v) is 4.92. The van der Waals surface area contributed by atoms with Crippen LogP contribution in [-0.2, 0) is 0 Å². The van der Waals surface area contributed by atoms with Crippen LogP contribution < -0.4 is 5.73 Å². The van der Waals surface area contributed by atoms with E-state index in [2.05, 4.69) is 67.6 Å². The number of benzene rings is 1. The van der Waals surface area contributed by atoms with E-state index in [0.717, 1.165) is 12.8 Å². The smallest absolute Gasteiger partial charge is 0.0390 e. The minimum Gasteiger partial charge on any atom is -0.324 e. The zero-order valence-corrected chi connectivity index (χ0v) is 14.1. The van der Waals surface area contributed by atoms with E-state index in [1.165, 1.54) is 32.0 Å². The first-order valence-corrected chi connectivity index (χ1v) is 9.05. The van der Waals surface area contributed by atoms with Crippen molar-refractivity contribution in [3.8, 4) is 10.4 Å². The molecule has 4 rings (SSSR count). The first kappa shape index (κ1) is 14.7. The number of nitrogens with two attached hydrogens (primary N) is 1. The molecule has 2 aliphatic carbocycles. The molecule has 0 amide bonds. The predicted molar refractivity (Wildman–Crippen MR) is 101 cm³/mol. The highest BCUT2D eigenvalue weighted by Crippen LogP contribution is 2.47. The molecule has 2 aromatic rings. The summed E-state index contributed by atoms with van der Waals surface area (Å²) in [6, 6.07) is 10.9. The molecule has 1 aromatic carbocycles. The van der Waals surface area contributed by atoms with Gasteiger partial charge in [0.25, 0.3) is 0 Å². The van der Waals surface area contributed by atoms with Gasteiger partial charge in [-0.3, -0.25) is 0 Å². The molecule has 0 radical (unpaired) electrons. The molecular formula is C21H21NS. The van der Waals surface area contributed by atoms with Crippen LogP contribution in [0.3, 0.4) is 0 Å². The maximum Gasteiger partial charge on any atom is 0.0390 e. The lowest BCUT2D eigenvalue weighted by Gasteiger charge is -2.22. The third kappa shape index (κ3) is 2.62. The highest BCUT2D eigenvalue weighted by atomic mass is 32.1. The van der Waals surface area contributed by atoms with Crippen LogP contribution in [0.4, 0.5) is 0 Å². The fourth-order valence-electron chi connectivity index (χ4n) is 3.53. The summed E-state index contributed by atoms with van der Waals surface area (Å²) in [7, 11) is 0. The topological polar surface area (TPSA) is 26.0 Å². The van der Waals surface area contributed by atoms with Crippen LogP contribution in [-0.4, -0.2) is 0 Å². The van der Waals surface area contributed by atoms with Gasteiger partial charge in [-0.1, -0.05) is 60.2 Å². The van der Waals surface area contributed by atoms with E-state index >= 15 is 0 Å². The maximum atomic E-state index is 6.49. The Labute approximate surface area is 141 Å². The van der Waals surface area contributed by atoms with Crippen molar-refractivity contribution in [1.82, 2.24) is 0 Å². The van der Waals surface area contributed by atoms with Crippen molar-refractivity contribution in [2.75, 3.05) is 0 Å². The van der Waals surface area contributed by atoms with E-state index in [1.807, 2.05) is 11.3 Å². The summed E-state index contributed by atoms with van der Waals surface area (Å²) < 4.78 is 0. The maximum absolute atomic E-state index is 6.49. The van der Waals surface area contributed by atoms with Crippen LogP contribution in [0.15, 0.2) is 60.2 Å². The Morgan fingerprint density at radius 2 is 1.87 bits per heavy atom. The molecule has 2 unspecified atom stereocenters. The molecule has 23 heavy (non-hydrogen) atoms. The highest BCUT2D eigenvalue weighted by Gasteiger charge is 2.28. The van der Waals surface area contributed by atoms with Gasteiger partial charge in [-0.15, -0.1) is 11.3 Å². The van der Waals surface area contributed by atoms with E-state index in [4.69, 9.17) is 5.73 Å². The zero-order valence-electron chi connectivity index (χ0n) is 13.3. The number of hydrogen-bond donors (Lipinski definition) is 1. The second kappa shape index (κ2) is 5.95. The minimum absolute atomic E-state index is 0.124. The van der Waals surface area contributed by atoms with Crippen LogP contribution >= 0.6 is 11.3 Å². The van der Waals surface area contributed by atoms with Crippen LogP contribution in [0.1, 0.15) is 47.7 Å². The Morgan fingerprint density at radius 1 is 1.04 bits per heavy atom. The fraction of sp³-hybridized carbons (Fsp3) is 0.238. The number of fused-ring (bicyclic) bond motifs is 1. The van der Waals surface area contributed by atoms with Crippen LogP contribution in [0.25, 0.3) is 16.5 Å². The van der Waals surface area contributed by atoms with E-state index in [-0.39, 0.29) is 6.04 Å². The lowest BCUT2D eigenvalue weighted by molar-refractivity contribution is 0.711. The van der Waals surface area contributed by atoms with Crippen molar-refractivity contribution >= 4 is 17.4 Å². The molecular weight excluding hydrogens is 298 g/mol. The van der Waals surface area contributed by atoms with Crippen LogP contribution in [0.2, 0.25) is 0 Å². The summed E-state index contributed by atoms with van der Waals surface area (Å²) in [4.78, 5) is 2.73. The van der Waals surface area contributed by atoms with Crippen LogP contribution in [0.5, 0.6) is 0 Å². The van der Waals surface area contributed by atoms with Crippen LogP contribution in [0, 0.1) is 0 Å². The lowest BCUT2D eigenvalue weighted by Crippen LogP contribution is -2.15. The summed E-state index contributed by atoms with van der Waals surface area (Å²) in [6.07, 6.45) is 13.4. The molecule has 2 heteroatoms. The van der Waals surface area contributed by atoms with Gasteiger partial charge < -0.3 is 5.73 Å². The van der Waals surface area contributed by atoms with Gasteiger partial charge in [-0.2, -0.15) is 0 Å². The Morgan fingerprint density at radius 3 is 2.61 bits per heavy atom. The van der Waals surface area contributed by atoms with Gasteiger partial charge in [-0.25, -0.2) is 0 Å². The Balaban J connectivity index is 1.90. The van der Waals surface area contributed by atoms with Crippen molar-refractivity contribution in [2.45, 2.75) is 31.7 Å². The van der Waals surface area contributed by atoms with E-state index < -0.39 is 0 Å². The second-order valence-corrected chi connectivity index (χ2v) is 7.44. The second-order valence-electron chi connectivity index (χ2n) is 6.38. The quantitative estimate of drug-likeness (QED) is 0.741. The SMILES string of the molecule is CC1=CCC(c2c(-c3ccccc3)sc3c2C(N)CC=C3)C=C1. The largest absolute Gasteiger partial charge is 0.324 e. The summed E-state index contributed by atoms with van der Waals surface area (Å²) in [5.41, 5.74) is 12.0. The monoisotopic (exact) mass is 319 g/mol. The van der Waals surface area contributed by atoms with Gasteiger partial charge in [0.1, 0.15) is 0 Å². The van der Waals surface area contributed by atoms with Crippen molar-refractivity contribution in [1.29, 1.82) is 0 Å². The highest BCUT2D eigenvalue weighted by molar-refractivity contribution is 7.16. The van der Waals surface area contributed by atoms with Gasteiger partial charge in [-0.05, 0) is 42.5 Å². The van der Waals surface area contributed by atoms with Gasteiger partial charge in [0.15, 0.2) is 0 Å². The molecule has 0 aliphatic heterocycles. The average Bonchev–Trinajstić information content (AvgIpc) is 2.97. The number of thiophene rings is 1. The number of rotatable bonds is 2. The third-order valence-electron chi connectivity index (χ3n) is 4.73. The Bertz CT molecular complexity index is 808. The third-order valence-corrected chi connectivity index (χ3v) is 5.97. The summed E-state index contributed by atoms with van der Waals surface area (Å²) in [5.74, 6) is 0.437. The van der Waals surface area contributed by atoms with E-state index in [0.29, 0.717) is 5.92 Å². The zero-order chi connectivity index (χ0) is 15.8. The van der Waals surface area contributed by atoms with E-state index in [1.54, 1.807) is 0 Å². The van der Waals surface area contributed by atoms with Gasteiger partial charge in [0, 0.05) is 21.7 Å². The minimum atomic E-state index is 0.124. The molecule has 2 atom stereocenters. The normalized spacial score (nSPS) is 22.8. The van der Waals surface area contributed by atoms with Gasteiger partial charge in [0.05, 0.1) is 0 Å². The summed E-state index contributed by atoms with van der Waals surface area (Å²) in [6.45, 7) is 2.17. The molecule has 1 aromatic heterocycles. The molecule has 0 saturated heterocycles. The number of allylic oxidation sites excluding steroid dienone is 4. The molecule has 0 saturated carbocycles. The predicted octanol–water partition coefficient (Wildman–Crippen LogP) is 5.82.